The maximum Gasteiger partial charge on any atom is 0.101 e. The van der Waals surface area contributed by atoms with Crippen LogP contribution in [0.5, 0.6) is 0 Å². The second-order valence-electron chi connectivity index (χ2n) is 4.47. The van der Waals surface area contributed by atoms with Gasteiger partial charge in [0.25, 0.3) is 0 Å². The third kappa shape index (κ3) is 4.78. The van der Waals surface area contributed by atoms with Gasteiger partial charge in [0.2, 0.25) is 0 Å². The molecule has 1 aliphatic rings. The summed E-state index contributed by atoms with van der Waals surface area (Å²) < 4.78 is 10.9. The number of aliphatic hydroxyl groups excluding tert-OH is 1. The Labute approximate surface area is 98.1 Å². The molecule has 0 spiro atoms. The van der Waals surface area contributed by atoms with E-state index in [4.69, 9.17) is 15.2 Å². The molecule has 0 aromatic carbocycles. The first-order valence-electron chi connectivity index (χ1n) is 6.35. The fourth-order valence-electron chi connectivity index (χ4n) is 2.20. The van der Waals surface area contributed by atoms with Crippen LogP contribution in [-0.4, -0.2) is 43.7 Å². The molecule has 96 valence electrons. The lowest BCUT2D eigenvalue weighted by Crippen LogP contribution is -2.35. The summed E-state index contributed by atoms with van der Waals surface area (Å²) in [4.78, 5) is 0. The van der Waals surface area contributed by atoms with Crippen molar-refractivity contribution in [2.75, 3.05) is 26.4 Å². The fourth-order valence-corrected chi connectivity index (χ4v) is 2.20. The molecule has 0 heterocycles. The fraction of sp³-hybridized carbons (Fsp3) is 1.00. The van der Waals surface area contributed by atoms with Gasteiger partial charge in [0.15, 0.2) is 0 Å². The molecule has 1 fully saturated rings. The van der Waals surface area contributed by atoms with E-state index in [0.29, 0.717) is 32.3 Å². The van der Waals surface area contributed by atoms with Gasteiger partial charge in [-0.25, -0.2) is 0 Å². The molecule has 3 N–H and O–H groups in total. The summed E-state index contributed by atoms with van der Waals surface area (Å²) in [5.74, 6) is 0.466. The van der Waals surface area contributed by atoms with Crippen molar-refractivity contribution in [3.05, 3.63) is 0 Å². The highest BCUT2D eigenvalue weighted by molar-refractivity contribution is 4.76. The van der Waals surface area contributed by atoms with Gasteiger partial charge in [-0.05, 0) is 32.2 Å². The Bertz CT molecular complexity index is 178. The van der Waals surface area contributed by atoms with Gasteiger partial charge >= 0.3 is 0 Å². The number of hydrogen-bond donors (Lipinski definition) is 2. The largest absolute Gasteiger partial charge is 0.388 e. The predicted octanol–water partition coefficient (Wildman–Crippen LogP) is 0.918. The molecule has 16 heavy (non-hydrogen) atoms. The molecular weight excluding hydrogens is 206 g/mol. The molecule has 4 heteroatoms. The zero-order valence-corrected chi connectivity index (χ0v) is 10.2. The highest BCUT2D eigenvalue weighted by Gasteiger charge is 2.25. The molecule has 4 nitrogen and oxygen atoms in total. The van der Waals surface area contributed by atoms with E-state index in [9.17, 15) is 5.11 Å². The number of nitrogens with two attached hydrogens (primary N) is 1. The van der Waals surface area contributed by atoms with Crippen molar-refractivity contribution < 1.29 is 14.6 Å². The molecule has 0 amide bonds. The van der Waals surface area contributed by atoms with Crippen molar-refractivity contribution in [2.45, 2.75) is 44.8 Å². The monoisotopic (exact) mass is 231 g/mol. The van der Waals surface area contributed by atoms with Crippen LogP contribution in [-0.2, 0) is 9.47 Å². The van der Waals surface area contributed by atoms with Crippen LogP contribution in [0.25, 0.3) is 0 Å². The van der Waals surface area contributed by atoms with Gasteiger partial charge < -0.3 is 20.3 Å². The highest BCUT2D eigenvalue weighted by atomic mass is 16.5. The summed E-state index contributed by atoms with van der Waals surface area (Å²) >= 11 is 0. The maximum atomic E-state index is 9.59. The molecule has 1 rings (SSSR count). The first-order chi connectivity index (χ1) is 7.77. The second-order valence-corrected chi connectivity index (χ2v) is 4.47. The smallest absolute Gasteiger partial charge is 0.101 e. The summed E-state index contributed by atoms with van der Waals surface area (Å²) in [6, 6.07) is 0. The average Bonchev–Trinajstić information content (AvgIpc) is 2.34. The Morgan fingerprint density at radius 3 is 2.75 bits per heavy atom. The SMILES string of the molecule is CCOCC(O)COC1CCCCC1CN. The minimum atomic E-state index is -0.514. The first kappa shape index (κ1) is 13.9. The van der Waals surface area contributed by atoms with Gasteiger partial charge in [0, 0.05) is 6.61 Å². The molecule has 1 saturated carbocycles. The summed E-state index contributed by atoms with van der Waals surface area (Å²) in [6.45, 7) is 3.95. The number of ether oxygens (including phenoxy) is 2. The van der Waals surface area contributed by atoms with Crippen LogP contribution >= 0.6 is 0 Å². The molecule has 0 radical (unpaired) electrons. The zero-order valence-electron chi connectivity index (χ0n) is 10.2. The van der Waals surface area contributed by atoms with Crippen LogP contribution in [0.2, 0.25) is 0 Å². The summed E-state index contributed by atoms with van der Waals surface area (Å²) in [5, 5.41) is 9.59. The molecule has 0 saturated heterocycles. The number of rotatable bonds is 7. The number of aliphatic hydroxyl groups is 1. The van der Waals surface area contributed by atoms with Crippen molar-refractivity contribution in [1.29, 1.82) is 0 Å². The van der Waals surface area contributed by atoms with E-state index in [1.807, 2.05) is 6.92 Å². The molecule has 1 aliphatic carbocycles. The van der Waals surface area contributed by atoms with E-state index in [2.05, 4.69) is 0 Å². The van der Waals surface area contributed by atoms with E-state index >= 15 is 0 Å². The normalized spacial score (nSPS) is 27.9. The molecule has 0 aliphatic heterocycles. The minimum absolute atomic E-state index is 0.232. The van der Waals surface area contributed by atoms with Gasteiger partial charge in [0.1, 0.15) is 6.10 Å². The summed E-state index contributed by atoms with van der Waals surface area (Å²) in [7, 11) is 0. The lowest BCUT2D eigenvalue weighted by Gasteiger charge is -2.31. The lowest BCUT2D eigenvalue weighted by atomic mass is 9.86. The van der Waals surface area contributed by atoms with Crippen LogP contribution in [0.15, 0.2) is 0 Å². The third-order valence-corrected chi connectivity index (χ3v) is 3.16. The van der Waals surface area contributed by atoms with Gasteiger partial charge in [-0.3, -0.25) is 0 Å². The molecule has 3 atom stereocenters. The zero-order chi connectivity index (χ0) is 11.8. The third-order valence-electron chi connectivity index (χ3n) is 3.16. The molecular formula is C12H25NO3. The highest BCUT2D eigenvalue weighted by Crippen LogP contribution is 2.26. The second kappa shape index (κ2) is 8.01. The van der Waals surface area contributed by atoms with Crippen LogP contribution in [0.4, 0.5) is 0 Å². The Morgan fingerprint density at radius 2 is 2.06 bits per heavy atom. The Hall–Kier alpha value is -0.160. The Balaban J connectivity index is 2.18. The molecule has 0 aromatic heterocycles. The summed E-state index contributed by atoms with van der Waals surface area (Å²) in [6.07, 6.45) is 4.41. The standard InChI is InChI=1S/C12H25NO3/c1-2-15-8-11(14)9-16-12-6-4-3-5-10(12)7-13/h10-12,14H,2-9,13H2,1H3. The van der Waals surface area contributed by atoms with E-state index in [1.54, 1.807) is 0 Å². The van der Waals surface area contributed by atoms with E-state index < -0.39 is 6.10 Å². The van der Waals surface area contributed by atoms with Gasteiger partial charge in [0.05, 0.1) is 19.3 Å². The maximum absolute atomic E-state index is 9.59. The Kier molecular flexibility index (Phi) is 6.96. The van der Waals surface area contributed by atoms with E-state index in [-0.39, 0.29) is 6.10 Å². The molecule has 0 aromatic rings. The predicted molar refractivity (Wildman–Crippen MR) is 63.3 cm³/mol. The minimum Gasteiger partial charge on any atom is -0.388 e. The van der Waals surface area contributed by atoms with Crippen molar-refractivity contribution in [3.63, 3.8) is 0 Å². The van der Waals surface area contributed by atoms with Crippen LogP contribution < -0.4 is 5.73 Å². The van der Waals surface area contributed by atoms with E-state index in [1.165, 1.54) is 12.8 Å². The van der Waals surface area contributed by atoms with Crippen molar-refractivity contribution in [3.8, 4) is 0 Å². The number of hydrogen-bond acceptors (Lipinski definition) is 4. The van der Waals surface area contributed by atoms with E-state index in [0.717, 1.165) is 12.8 Å². The lowest BCUT2D eigenvalue weighted by molar-refractivity contribution is -0.0681. The van der Waals surface area contributed by atoms with Crippen molar-refractivity contribution in [2.24, 2.45) is 11.7 Å². The van der Waals surface area contributed by atoms with Crippen LogP contribution in [0.1, 0.15) is 32.6 Å². The van der Waals surface area contributed by atoms with Crippen LogP contribution in [0, 0.1) is 5.92 Å². The molecule has 3 unspecified atom stereocenters. The Morgan fingerprint density at radius 1 is 1.31 bits per heavy atom. The molecule has 0 bridgehead atoms. The van der Waals surface area contributed by atoms with Gasteiger partial charge in [-0.1, -0.05) is 12.8 Å². The average molecular weight is 231 g/mol. The van der Waals surface area contributed by atoms with Gasteiger partial charge in [-0.2, -0.15) is 0 Å². The summed E-state index contributed by atoms with van der Waals surface area (Å²) in [5.41, 5.74) is 5.71. The van der Waals surface area contributed by atoms with Crippen molar-refractivity contribution >= 4 is 0 Å². The quantitative estimate of drug-likeness (QED) is 0.684. The van der Waals surface area contributed by atoms with Gasteiger partial charge in [-0.15, -0.1) is 0 Å². The van der Waals surface area contributed by atoms with Crippen molar-refractivity contribution in [1.82, 2.24) is 0 Å². The topological polar surface area (TPSA) is 64.7 Å². The van der Waals surface area contributed by atoms with Crippen LogP contribution in [0.3, 0.4) is 0 Å². The first-order valence-corrected chi connectivity index (χ1v) is 6.35.